The van der Waals surface area contributed by atoms with E-state index in [2.05, 4.69) is 4.90 Å². The van der Waals surface area contributed by atoms with Gasteiger partial charge in [0.25, 0.3) is 5.91 Å². The van der Waals surface area contributed by atoms with Gasteiger partial charge in [0.15, 0.2) is 11.5 Å². The molecule has 1 aliphatic carbocycles. The van der Waals surface area contributed by atoms with Crippen molar-refractivity contribution >= 4 is 11.7 Å². The highest BCUT2D eigenvalue weighted by atomic mass is 19.1. The van der Waals surface area contributed by atoms with Gasteiger partial charge in [-0.15, -0.1) is 0 Å². The number of ketones is 1. The number of rotatable bonds is 4. The van der Waals surface area contributed by atoms with Crippen molar-refractivity contribution in [1.82, 2.24) is 9.80 Å². The van der Waals surface area contributed by atoms with Gasteiger partial charge in [-0.25, -0.2) is 4.39 Å². The van der Waals surface area contributed by atoms with E-state index in [1.807, 2.05) is 0 Å². The van der Waals surface area contributed by atoms with Crippen LogP contribution in [-0.2, 0) is 19.1 Å². The van der Waals surface area contributed by atoms with Gasteiger partial charge in [0.2, 0.25) is 0 Å². The molecule has 1 aromatic carbocycles. The number of Topliss-reactive ketones (excluding diaryl/α,β-unsaturated/α-hetero) is 1. The van der Waals surface area contributed by atoms with Gasteiger partial charge >= 0.3 is 0 Å². The highest BCUT2D eigenvalue weighted by molar-refractivity contribution is 6.11. The number of benzene rings is 1. The standard InChI is InChI=1S/C23H27FN2O4/c24-16-7-5-15(6-8-16)20-19-21(27)17-3-1-2-4-18(17)30-22(19)23(28)26(20)10-9-25-11-13-29-14-12-25/h5-8,17-18,20H,1-4,9-14H2. The normalized spacial score (nSPS) is 29.6. The minimum Gasteiger partial charge on any atom is -0.483 e. The number of morpholine rings is 1. The Labute approximate surface area is 175 Å². The topological polar surface area (TPSA) is 59.1 Å². The lowest BCUT2D eigenvalue weighted by molar-refractivity contribution is -0.135. The van der Waals surface area contributed by atoms with Crippen LogP contribution in [0.25, 0.3) is 0 Å². The lowest BCUT2D eigenvalue weighted by atomic mass is 9.77. The maximum Gasteiger partial charge on any atom is 0.290 e. The molecule has 6 nitrogen and oxygen atoms in total. The van der Waals surface area contributed by atoms with Crippen molar-refractivity contribution in [1.29, 1.82) is 0 Å². The molecular formula is C23H27FN2O4. The second-order valence-electron chi connectivity index (χ2n) is 8.56. The summed E-state index contributed by atoms with van der Waals surface area (Å²) in [5.41, 5.74) is 1.22. The first-order chi connectivity index (χ1) is 14.6. The summed E-state index contributed by atoms with van der Waals surface area (Å²) < 4.78 is 25.1. The Morgan fingerprint density at radius 3 is 2.50 bits per heavy atom. The lowest BCUT2D eigenvalue weighted by Gasteiger charge is -2.35. The monoisotopic (exact) mass is 414 g/mol. The third-order valence-corrected chi connectivity index (χ3v) is 6.81. The Bertz CT molecular complexity index is 862. The second-order valence-corrected chi connectivity index (χ2v) is 8.56. The first-order valence-corrected chi connectivity index (χ1v) is 10.9. The fourth-order valence-electron chi connectivity index (χ4n) is 5.19. The number of nitrogens with zero attached hydrogens (tertiary/aromatic N) is 2. The van der Waals surface area contributed by atoms with Gasteiger partial charge in [-0.3, -0.25) is 14.5 Å². The predicted octanol–water partition coefficient (Wildman–Crippen LogP) is 2.45. The van der Waals surface area contributed by atoms with Crippen LogP contribution < -0.4 is 0 Å². The predicted molar refractivity (Wildman–Crippen MR) is 107 cm³/mol. The fourth-order valence-corrected chi connectivity index (χ4v) is 5.19. The van der Waals surface area contributed by atoms with Crippen LogP contribution in [0.2, 0.25) is 0 Å². The SMILES string of the molecule is O=C1C2=C(OC3CCCCC13)C(=O)N(CCN1CCOCC1)C2c1ccc(F)cc1. The van der Waals surface area contributed by atoms with Crippen LogP contribution in [0, 0.1) is 11.7 Å². The van der Waals surface area contributed by atoms with Crippen LogP contribution in [0.4, 0.5) is 4.39 Å². The molecule has 0 spiro atoms. The van der Waals surface area contributed by atoms with Crippen molar-refractivity contribution in [3.8, 4) is 0 Å². The van der Waals surface area contributed by atoms with Crippen LogP contribution in [-0.4, -0.2) is 67.0 Å². The van der Waals surface area contributed by atoms with Crippen LogP contribution in [0.5, 0.6) is 0 Å². The zero-order valence-electron chi connectivity index (χ0n) is 17.0. The molecular weight excluding hydrogens is 387 g/mol. The van der Waals surface area contributed by atoms with Crippen LogP contribution >= 0.6 is 0 Å². The van der Waals surface area contributed by atoms with Crippen molar-refractivity contribution in [2.24, 2.45) is 5.92 Å². The zero-order valence-corrected chi connectivity index (χ0v) is 17.0. The molecule has 1 aromatic rings. The number of halogens is 1. The third kappa shape index (κ3) is 3.44. The van der Waals surface area contributed by atoms with Crippen molar-refractivity contribution in [2.75, 3.05) is 39.4 Å². The van der Waals surface area contributed by atoms with Crippen LogP contribution in [0.1, 0.15) is 37.3 Å². The molecule has 1 amide bonds. The number of carbonyl (C=O) groups excluding carboxylic acids is 2. The number of carbonyl (C=O) groups is 2. The minimum absolute atomic E-state index is 0.0393. The van der Waals surface area contributed by atoms with E-state index >= 15 is 0 Å². The smallest absolute Gasteiger partial charge is 0.290 e. The number of ether oxygens (including phenoxy) is 2. The molecule has 3 heterocycles. The Kier molecular flexibility index (Phi) is 5.33. The molecule has 0 bridgehead atoms. The van der Waals surface area contributed by atoms with Crippen LogP contribution in [0.15, 0.2) is 35.6 Å². The molecule has 2 fully saturated rings. The third-order valence-electron chi connectivity index (χ3n) is 6.81. The average molecular weight is 414 g/mol. The molecule has 1 saturated heterocycles. The van der Waals surface area contributed by atoms with Crippen molar-refractivity contribution in [3.63, 3.8) is 0 Å². The van der Waals surface area contributed by atoms with Crippen LogP contribution in [0.3, 0.4) is 0 Å². The Morgan fingerprint density at radius 1 is 1.00 bits per heavy atom. The first kappa shape index (κ1) is 19.7. The van der Waals surface area contributed by atoms with Crippen molar-refractivity contribution < 1.29 is 23.5 Å². The number of hydrogen-bond donors (Lipinski definition) is 0. The Balaban J connectivity index is 1.47. The maximum absolute atomic E-state index is 13.6. The summed E-state index contributed by atoms with van der Waals surface area (Å²) in [5.74, 6) is -0.468. The molecule has 5 rings (SSSR count). The molecule has 3 atom stereocenters. The van der Waals surface area contributed by atoms with Crippen molar-refractivity contribution in [2.45, 2.75) is 37.8 Å². The van der Waals surface area contributed by atoms with Crippen molar-refractivity contribution in [3.05, 3.63) is 47.0 Å². The molecule has 1 saturated carbocycles. The summed E-state index contributed by atoms with van der Waals surface area (Å²) in [4.78, 5) is 30.8. The first-order valence-electron chi connectivity index (χ1n) is 10.9. The summed E-state index contributed by atoms with van der Waals surface area (Å²) in [6.45, 7) is 4.23. The van der Waals surface area contributed by atoms with Gasteiger partial charge in [-0.2, -0.15) is 0 Å². The zero-order chi connectivity index (χ0) is 20.7. The summed E-state index contributed by atoms with van der Waals surface area (Å²) >= 11 is 0. The largest absolute Gasteiger partial charge is 0.483 e. The Hall–Kier alpha value is -2.25. The maximum atomic E-state index is 13.6. The number of amides is 1. The molecule has 3 unspecified atom stereocenters. The lowest BCUT2D eigenvalue weighted by Crippen LogP contribution is -2.43. The number of hydrogen-bond acceptors (Lipinski definition) is 5. The van der Waals surface area contributed by atoms with E-state index in [4.69, 9.17) is 9.47 Å². The van der Waals surface area contributed by atoms with E-state index in [1.165, 1.54) is 12.1 Å². The molecule has 160 valence electrons. The van der Waals surface area contributed by atoms with E-state index < -0.39 is 6.04 Å². The summed E-state index contributed by atoms with van der Waals surface area (Å²) in [6, 6.07) is 5.60. The summed E-state index contributed by atoms with van der Waals surface area (Å²) in [6.07, 6.45) is 3.46. The van der Waals surface area contributed by atoms with Gasteiger partial charge in [-0.05, 0) is 37.0 Å². The highest BCUT2D eigenvalue weighted by Crippen LogP contribution is 2.46. The van der Waals surface area contributed by atoms with Gasteiger partial charge in [-0.1, -0.05) is 18.6 Å². The average Bonchev–Trinajstić information content (AvgIpc) is 3.06. The van der Waals surface area contributed by atoms with E-state index in [0.717, 1.165) is 44.3 Å². The molecule has 7 heteroatoms. The highest BCUT2D eigenvalue weighted by Gasteiger charge is 2.51. The fraction of sp³-hybridized carbons (Fsp3) is 0.565. The molecule has 30 heavy (non-hydrogen) atoms. The Morgan fingerprint density at radius 2 is 1.73 bits per heavy atom. The molecule has 0 radical (unpaired) electrons. The van der Waals surface area contributed by atoms with Gasteiger partial charge in [0.1, 0.15) is 11.9 Å². The number of fused-ring (bicyclic) bond motifs is 1. The summed E-state index contributed by atoms with van der Waals surface area (Å²) in [7, 11) is 0. The minimum atomic E-state index is -0.510. The summed E-state index contributed by atoms with van der Waals surface area (Å²) in [5, 5.41) is 0. The molecule has 0 N–H and O–H groups in total. The molecule has 3 aliphatic heterocycles. The van der Waals surface area contributed by atoms with E-state index in [0.29, 0.717) is 31.9 Å². The van der Waals surface area contributed by atoms with E-state index in [-0.39, 0.29) is 35.3 Å². The van der Waals surface area contributed by atoms with Gasteiger partial charge in [0, 0.05) is 26.2 Å². The van der Waals surface area contributed by atoms with E-state index in [1.54, 1.807) is 17.0 Å². The second kappa shape index (κ2) is 8.12. The van der Waals surface area contributed by atoms with Gasteiger partial charge < -0.3 is 14.4 Å². The van der Waals surface area contributed by atoms with E-state index in [9.17, 15) is 14.0 Å². The van der Waals surface area contributed by atoms with Gasteiger partial charge in [0.05, 0.1) is 30.7 Å². The molecule has 0 aromatic heterocycles. The quantitative estimate of drug-likeness (QED) is 0.758. The molecule has 4 aliphatic rings.